The van der Waals surface area contributed by atoms with Gasteiger partial charge >= 0.3 is 0 Å². The molecule has 0 bridgehead atoms. The van der Waals surface area contributed by atoms with Crippen LogP contribution in [0.4, 0.5) is 0 Å². The van der Waals surface area contributed by atoms with Crippen molar-refractivity contribution in [3.05, 3.63) is 58.7 Å². The van der Waals surface area contributed by atoms with Crippen LogP contribution in [-0.2, 0) is 4.79 Å². The second kappa shape index (κ2) is 7.57. The van der Waals surface area contributed by atoms with E-state index in [2.05, 4.69) is 20.9 Å². The fourth-order valence-corrected chi connectivity index (χ4v) is 2.83. The second-order valence-corrected chi connectivity index (χ2v) is 6.47. The van der Waals surface area contributed by atoms with Gasteiger partial charge in [0.25, 0.3) is 0 Å². The van der Waals surface area contributed by atoms with E-state index in [1.807, 2.05) is 30.3 Å². The van der Waals surface area contributed by atoms with Crippen LogP contribution in [-0.4, -0.2) is 40.8 Å². The SMILES string of the molecule is O=C(CCC(=O)N1CC(Oc2ncccc2Br)C1)c1ccccc1. The Bertz CT molecular complexity index is 730. The summed E-state index contributed by atoms with van der Waals surface area (Å²) in [6, 6.07) is 12.7. The Balaban J connectivity index is 1.42. The molecule has 1 aliphatic rings. The van der Waals surface area contributed by atoms with Gasteiger partial charge in [0.05, 0.1) is 17.6 Å². The predicted molar refractivity (Wildman–Crippen MR) is 92.9 cm³/mol. The molecule has 1 aliphatic heterocycles. The lowest BCUT2D eigenvalue weighted by atomic mass is 10.1. The van der Waals surface area contributed by atoms with E-state index in [4.69, 9.17) is 4.74 Å². The van der Waals surface area contributed by atoms with Gasteiger partial charge in [-0.25, -0.2) is 4.98 Å². The Morgan fingerprint density at radius 2 is 1.88 bits per heavy atom. The zero-order chi connectivity index (χ0) is 16.9. The number of hydrogen-bond donors (Lipinski definition) is 0. The van der Waals surface area contributed by atoms with Crippen LogP contribution in [0.25, 0.3) is 0 Å². The average molecular weight is 389 g/mol. The minimum absolute atomic E-state index is 0.00492. The quantitative estimate of drug-likeness (QED) is 0.713. The third-order valence-corrected chi connectivity index (χ3v) is 4.47. The highest BCUT2D eigenvalue weighted by atomic mass is 79.9. The molecule has 1 aromatic carbocycles. The van der Waals surface area contributed by atoms with Crippen LogP contribution in [0.3, 0.4) is 0 Å². The van der Waals surface area contributed by atoms with Crippen LogP contribution in [0.1, 0.15) is 23.2 Å². The van der Waals surface area contributed by atoms with Gasteiger partial charge in [0.1, 0.15) is 6.10 Å². The zero-order valence-electron chi connectivity index (χ0n) is 13.0. The molecule has 0 saturated carbocycles. The van der Waals surface area contributed by atoms with Crippen molar-refractivity contribution in [3.63, 3.8) is 0 Å². The molecular formula is C18H17BrN2O3. The molecule has 2 aromatic rings. The molecule has 0 aliphatic carbocycles. The number of amides is 1. The molecule has 1 amide bonds. The largest absolute Gasteiger partial charge is 0.470 e. The molecule has 3 rings (SSSR count). The number of halogens is 1. The monoisotopic (exact) mass is 388 g/mol. The van der Waals surface area contributed by atoms with Crippen LogP contribution >= 0.6 is 15.9 Å². The summed E-state index contributed by atoms with van der Waals surface area (Å²) in [7, 11) is 0. The van der Waals surface area contributed by atoms with Gasteiger partial charge in [-0.2, -0.15) is 0 Å². The first-order chi connectivity index (χ1) is 11.6. The third kappa shape index (κ3) is 4.00. The van der Waals surface area contributed by atoms with E-state index in [0.717, 1.165) is 4.47 Å². The Hall–Kier alpha value is -2.21. The molecule has 0 atom stereocenters. The maximum absolute atomic E-state index is 12.1. The lowest BCUT2D eigenvalue weighted by molar-refractivity contribution is -0.140. The summed E-state index contributed by atoms with van der Waals surface area (Å²) in [5.74, 6) is 0.516. The standard InChI is InChI=1S/C18H17BrN2O3/c19-15-7-4-10-20-18(15)24-14-11-21(12-14)17(23)9-8-16(22)13-5-2-1-3-6-13/h1-7,10,14H,8-9,11-12H2. The number of carbonyl (C=O) groups excluding carboxylic acids is 2. The summed E-state index contributed by atoms with van der Waals surface area (Å²) in [6.07, 6.45) is 2.08. The number of aromatic nitrogens is 1. The molecular weight excluding hydrogens is 372 g/mol. The Kier molecular flexibility index (Phi) is 5.25. The van der Waals surface area contributed by atoms with Gasteiger partial charge in [-0.15, -0.1) is 0 Å². The molecule has 6 heteroatoms. The first-order valence-electron chi connectivity index (χ1n) is 7.76. The Morgan fingerprint density at radius 1 is 1.12 bits per heavy atom. The molecule has 5 nitrogen and oxygen atoms in total. The summed E-state index contributed by atoms with van der Waals surface area (Å²) < 4.78 is 6.53. The molecule has 2 heterocycles. The molecule has 0 N–H and O–H groups in total. The number of ether oxygens (including phenoxy) is 1. The van der Waals surface area contributed by atoms with Crippen molar-refractivity contribution in [2.75, 3.05) is 13.1 Å². The van der Waals surface area contributed by atoms with Gasteiger partial charge < -0.3 is 9.64 Å². The number of likely N-dealkylation sites (tertiary alicyclic amines) is 1. The second-order valence-electron chi connectivity index (χ2n) is 5.62. The Morgan fingerprint density at radius 3 is 2.58 bits per heavy atom. The molecule has 124 valence electrons. The lowest BCUT2D eigenvalue weighted by Crippen LogP contribution is -2.56. The summed E-state index contributed by atoms with van der Waals surface area (Å²) >= 11 is 3.38. The molecule has 0 spiro atoms. The third-order valence-electron chi connectivity index (χ3n) is 3.87. The molecule has 1 fully saturated rings. The van der Waals surface area contributed by atoms with Gasteiger partial charge in [0, 0.05) is 24.6 Å². The number of hydrogen-bond acceptors (Lipinski definition) is 4. The first-order valence-corrected chi connectivity index (χ1v) is 8.56. The van der Waals surface area contributed by atoms with Crippen molar-refractivity contribution in [3.8, 4) is 5.88 Å². The van der Waals surface area contributed by atoms with Gasteiger partial charge in [0.15, 0.2) is 5.78 Å². The highest BCUT2D eigenvalue weighted by Gasteiger charge is 2.32. The molecule has 1 saturated heterocycles. The Labute approximate surface area is 148 Å². The minimum atomic E-state index is -0.0509. The molecule has 1 aromatic heterocycles. The number of carbonyl (C=O) groups is 2. The smallest absolute Gasteiger partial charge is 0.228 e. The van der Waals surface area contributed by atoms with Crippen LogP contribution in [0.2, 0.25) is 0 Å². The average Bonchev–Trinajstić information content (AvgIpc) is 2.57. The number of nitrogens with zero attached hydrogens (tertiary/aromatic N) is 2. The van der Waals surface area contributed by atoms with Crippen LogP contribution in [0, 0.1) is 0 Å². The number of rotatable bonds is 6. The normalized spacial score (nSPS) is 14.1. The van der Waals surface area contributed by atoms with Crippen molar-refractivity contribution >= 4 is 27.6 Å². The number of ketones is 1. The summed E-state index contributed by atoms with van der Waals surface area (Å²) in [6.45, 7) is 1.06. The number of benzene rings is 1. The van der Waals surface area contributed by atoms with E-state index in [1.165, 1.54) is 0 Å². The van der Waals surface area contributed by atoms with Crippen molar-refractivity contribution < 1.29 is 14.3 Å². The summed E-state index contributed by atoms with van der Waals surface area (Å²) in [4.78, 5) is 30.0. The molecule has 0 radical (unpaired) electrons. The van der Waals surface area contributed by atoms with Gasteiger partial charge in [-0.05, 0) is 28.1 Å². The van der Waals surface area contributed by atoms with Crippen molar-refractivity contribution in [1.82, 2.24) is 9.88 Å². The van der Waals surface area contributed by atoms with Crippen LogP contribution in [0.15, 0.2) is 53.1 Å². The molecule has 0 unspecified atom stereocenters. The zero-order valence-corrected chi connectivity index (χ0v) is 14.6. The van der Waals surface area contributed by atoms with Crippen LogP contribution in [0.5, 0.6) is 5.88 Å². The molecule has 24 heavy (non-hydrogen) atoms. The van der Waals surface area contributed by atoms with Crippen LogP contribution < -0.4 is 4.74 Å². The van der Waals surface area contributed by atoms with Gasteiger partial charge in [-0.1, -0.05) is 30.3 Å². The minimum Gasteiger partial charge on any atom is -0.470 e. The van der Waals surface area contributed by atoms with E-state index in [1.54, 1.807) is 23.2 Å². The number of pyridine rings is 1. The first kappa shape index (κ1) is 16.6. The van der Waals surface area contributed by atoms with Crippen molar-refractivity contribution in [1.29, 1.82) is 0 Å². The topological polar surface area (TPSA) is 59.5 Å². The van der Waals surface area contributed by atoms with Gasteiger partial charge in [-0.3, -0.25) is 9.59 Å². The van der Waals surface area contributed by atoms with E-state index >= 15 is 0 Å². The van der Waals surface area contributed by atoms with Crippen molar-refractivity contribution in [2.24, 2.45) is 0 Å². The maximum atomic E-state index is 12.1. The van der Waals surface area contributed by atoms with Gasteiger partial charge in [0.2, 0.25) is 11.8 Å². The van der Waals surface area contributed by atoms with E-state index in [-0.39, 0.29) is 30.6 Å². The maximum Gasteiger partial charge on any atom is 0.228 e. The summed E-state index contributed by atoms with van der Waals surface area (Å²) in [5.41, 5.74) is 0.648. The van der Waals surface area contributed by atoms with Crippen molar-refractivity contribution in [2.45, 2.75) is 18.9 Å². The highest BCUT2D eigenvalue weighted by molar-refractivity contribution is 9.10. The lowest BCUT2D eigenvalue weighted by Gasteiger charge is -2.38. The fraction of sp³-hybridized carbons (Fsp3) is 0.278. The highest BCUT2D eigenvalue weighted by Crippen LogP contribution is 2.24. The number of Topliss-reactive ketones (excluding diaryl/α,β-unsaturated/α-hetero) is 1. The van der Waals surface area contributed by atoms with E-state index < -0.39 is 0 Å². The van der Waals surface area contributed by atoms with E-state index in [0.29, 0.717) is 24.5 Å². The fourth-order valence-electron chi connectivity index (χ4n) is 2.48. The predicted octanol–water partition coefficient (Wildman–Crippen LogP) is 3.10. The van der Waals surface area contributed by atoms with E-state index in [9.17, 15) is 9.59 Å². The summed E-state index contributed by atoms with van der Waals surface area (Å²) in [5, 5.41) is 0.